The molecule has 17 heavy (non-hydrogen) atoms. The van der Waals surface area contributed by atoms with E-state index in [0.717, 1.165) is 0 Å². The van der Waals surface area contributed by atoms with Crippen molar-refractivity contribution >= 4 is 5.97 Å². The third-order valence-electron chi connectivity index (χ3n) is 2.43. The fraction of sp³-hybridized carbons (Fsp3) is 0.167. The molecule has 0 bridgehead atoms. The number of halogens is 1. The maximum Gasteiger partial charge on any atom is 0.339 e. The van der Waals surface area contributed by atoms with Crippen molar-refractivity contribution in [2.75, 3.05) is 0 Å². The highest BCUT2D eigenvalue weighted by atomic mass is 19.1. The second-order valence-corrected chi connectivity index (χ2v) is 3.56. The molecule has 88 valence electrons. The summed E-state index contributed by atoms with van der Waals surface area (Å²) in [4.78, 5) is 11.1. The van der Waals surface area contributed by atoms with Crippen LogP contribution in [0.15, 0.2) is 30.5 Å². The Bertz CT molecular complexity index is 546. The molecular formula is C12H11FN2O2. The zero-order valence-electron chi connectivity index (χ0n) is 9.22. The Labute approximate surface area is 97.3 Å². The molecule has 0 fully saturated rings. The quantitative estimate of drug-likeness (QED) is 0.887. The van der Waals surface area contributed by atoms with E-state index in [2.05, 4.69) is 5.10 Å². The Morgan fingerprint density at radius 2 is 2.06 bits per heavy atom. The molecule has 0 amide bonds. The molecular weight excluding hydrogens is 223 g/mol. The van der Waals surface area contributed by atoms with Gasteiger partial charge in [0.05, 0.1) is 0 Å². The highest BCUT2D eigenvalue weighted by Gasteiger charge is 2.16. The number of aromatic nitrogens is 2. The van der Waals surface area contributed by atoms with E-state index >= 15 is 0 Å². The normalized spacial score (nSPS) is 10.5. The van der Waals surface area contributed by atoms with Gasteiger partial charge in [0.1, 0.15) is 17.1 Å². The van der Waals surface area contributed by atoms with Crippen molar-refractivity contribution in [3.8, 4) is 11.3 Å². The molecule has 0 unspecified atom stereocenters. The van der Waals surface area contributed by atoms with Crippen molar-refractivity contribution in [1.29, 1.82) is 0 Å². The summed E-state index contributed by atoms with van der Waals surface area (Å²) in [6.07, 6.45) is 1.47. The van der Waals surface area contributed by atoms with Gasteiger partial charge in [0.25, 0.3) is 0 Å². The van der Waals surface area contributed by atoms with Crippen molar-refractivity contribution in [3.05, 3.63) is 41.8 Å². The van der Waals surface area contributed by atoms with Crippen molar-refractivity contribution < 1.29 is 14.3 Å². The van der Waals surface area contributed by atoms with Crippen LogP contribution in [0.5, 0.6) is 0 Å². The lowest BCUT2D eigenvalue weighted by Gasteiger charge is -1.98. The molecule has 1 aromatic carbocycles. The zero-order valence-corrected chi connectivity index (χ0v) is 9.22. The minimum Gasteiger partial charge on any atom is -0.478 e. The first kappa shape index (κ1) is 11.3. The smallest absolute Gasteiger partial charge is 0.339 e. The molecule has 1 heterocycles. The lowest BCUT2D eigenvalue weighted by atomic mass is 10.1. The van der Waals surface area contributed by atoms with E-state index in [-0.39, 0.29) is 11.4 Å². The molecule has 0 aliphatic rings. The predicted molar refractivity (Wildman–Crippen MR) is 60.3 cm³/mol. The third-order valence-corrected chi connectivity index (χ3v) is 2.43. The number of carboxylic acids is 1. The molecule has 2 aromatic rings. The number of aromatic carboxylic acids is 1. The van der Waals surface area contributed by atoms with Gasteiger partial charge in [-0.2, -0.15) is 5.10 Å². The maximum atomic E-state index is 12.8. The predicted octanol–water partition coefficient (Wildman–Crippen LogP) is 2.41. The van der Waals surface area contributed by atoms with E-state index in [4.69, 9.17) is 5.11 Å². The fourth-order valence-electron chi connectivity index (χ4n) is 1.56. The van der Waals surface area contributed by atoms with Gasteiger partial charge in [0.2, 0.25) is 0 Å². The van der Waals surface area contributed by atoms with E-state index in [1.807, 2.05) is 6.92 Å². The average Bonchev–Trinajstić information content (AvgIpc) is 2.74. The molecule has 0 aliphatic carbocycles. The van der Waals surface area contributed by atoms with Gasteiger partial charge in [-0.25, -0.2) is 9.18 Å². The van der Waals surface area contributed by atoms with Crippen LogP contribution in [0, 0.1) is 5.82 Å². The van der Waals surface area contributed by atoms with Gasteiger partial charge in [-0.3, -0.25) is 4.68 Å². The van der Waals surface area contributed by atoms with E-state index in [0.29, 0.717) is 17.8 Å². The fourth-order valence-corrected chi connectivity index (χ4v) is 1.56. The molecule has 2 rings (SSSR count). The third kappa shape index (κ3) is 2.18. The lowest BCUT2D eigenvalue weighted by molar-refractivity contribution is 0.0697. The molecule has 1 N–H and O–H groups in total. The summed E-state index contributed by atoms with van der Waals surface area (Å²) >= 11 is 0. The van der Waals surface area contributed by atoms with Crippen LogP contribution < -0.4 is 0 Å². The Morgan fingerprint density at radius 1 is 1.41 bits per heavy atom. The van der Waals surface area contributed by atoms with Gasteiger partial charge < -0.3 is 5.11 Å². The number of hydrogen-bond donors (Lipinski definition) is 1. The molecule has 0 saturated heterocycles. The van der Waals surface area contributed by atoms with Crippen LogP contribution in [-0.2, 0) is 6.54 Å². The molecule has 0 radical (unpaired) electrons. The molecule has 0 atom stereocenters. The van der Waals surface area contributed by atoms with Gasteiger partial charge in [-0.15, -0.1) is 0 Å². The van der Waals surface area contributed by atoms with Gasteiger partial charge >= 0.3 is 5.97 Å². The Balaban J connectivity index is 2.53. The van der Waals surface area contributed by atoms with Crippen molar-refractivity contribution in [2.24, 2.45) is 0 Å². The molecule has 5 heteroatoms. The first-order chi connectivity index (χ1) is 8.11. The molecule has 0 spiro atoms. The SMILES string of the molecule is CCn1cc(C(=O)O)c(-c2ccc(F)cc2)n1. The molecule has 0 aliphatic heterocycles. The number of rotatable bonds is 3. The van der Waals surface area contributed by atoms with E-state index in [1.54, 1.807) is 4.68 Å². The Kier molecular flexibility index (Phi) is 2.91. The second kappa shape index (κ2) is 4.37. The van der Waals surface area contributed by atoms with Gasteiger partial charge in [0, 0.05) is 18.3 Å². The van der Waals surface area contributed by atoms with E-state index in [9.17, 15) is 9.18 Å². The highest BCUT2D eigenvalue weighted by molar-refractivity contribution is 5.94. The lowest BCUT2D eigenvalue weighted by Crippen LogP contribution is -1.96. The largest absolute Gasteiger partial charge is 0.478 e. The first-order valence-corrected chi connectivity index (χ1v) is 5.18. The first-order valence-electron chi connectivity index (χ1n) is 5.18. The molecule has 0 saturated carbocycles. The maximum absolute atomic E-state index is 12.8. The summed E-state index contributed by atoms with van der Waals surface area (Å²) in [6, 6.07) is 5.60. The summed E-state index contributed by atoms with van der Waals surface area (Å²) < 4.78 is 14.3. The summed E-state index contributed by atoms with van der Waals surface area (Å²) in [6.45, 7) is 2.45. The van der Waals surface area contributed by atoms with Crippen LogP contribution in [0.1, 0.15) is 17.3 Å². The average molecular weight is 234 g/mol. The number of benzene rings is 1. The highest BCUT2D eigenvalue weighted by Crippen LogP contribution is 2.22. The van der Waals surface area contributed by atoms with Crippen LogP contribution in [0.25, 0.3) is 11.3 Å². The summed E-state index contributed by atoms with van der Waals surface area (Å²) in [7, 11) is 0. The number of hydrogen-bond acceptors (Lipinski definition) is 2. The number of aryl methyl sites for hydroxylation is 1. The summed E-state index contributed by atoms with van der Waals surface area (Å²) in [5.74, 6) is -1.40. The van der Waals surface area contributed by atoms with Gasteiger partial charge in [0.15, 0.2) is 0 Å². The second-order valence-electron chi connectivity index (χ2n) is 3.56. The van der Waals surface area contributed by atoms with Gasteiger partial charge in [-0.1, -0.05) is 0 Å². The summed E-state index contributed by atoms with van der Waals surface area (Å²) in [5, 5.41) is 13.2. The van der Waals surface area contributed by atoms with Crippen LogP contribution in [0.2, 0.25) is 0 Å². The zero-order chi connectivity index (χ0) is 12.4. The minimum atomic E-state index is -1.04. The summed E-state index contributed by atoms with van der Waals surface area (Å²) in [5.41, 5.74) is 1.08. The Morgan fingerprint density at radius 3 is 2.59 bits per heavy atom. The number of carboxylic acid groups (broad SMARTS) is 1. The topological polar surface area (TPSA) is 55.1 Å². The number of nitrogens with zero attached hydrogens (tertiary/aromatic N) is 2. The minimum absolute atomic E-state index is 0.124. The van der Waals surface area contributed by atoms with E-state index < -0.39 is 5.97 Å². The van der Waals surface area contributed by atoms with Crippen molar-refractivity contribution in [1.82, 2.24) is 9.78 Å². The van der Waals surface area contributed by atoms with Gasteiger partial charge in [-0.05, 0) is 31.2 Å². The van der Waals surface area contributed by atoms with Crippen LogP contribution in [0.4, 0.5) is 4.39 Å². The molecule has 4 nitrogen and oxygen atoms in total. The van der Waals surface area contributed by atoms with Crippen molar-refractivity contribution in [3.63, 3.8) is 0 Å². The Hall–Kier alpha value is -2.17. The van der Waals surface area contributed by atoms with Crippen LogP contribution in [-0.4, -0.2) is 20.9 Å². The van der Waals surface area contributed by atoms with Crippen LogP contribution >= 0.6 is 0 Å². The van der Waals surface area contributed by atoms with Crippen molar-refractivity contribution in [2.45, 2.75) is 13.5 Å². The van der Waals surface area contributed by atoms with Crippen LogP contribution in [0.3, 0.4) is 0 Å². The monoisotopic (exact) mass is 234 g/mol. The number of carbonyl (C=O) groups is 1. The molecule has 1 aromatic heterocycles. The standard InChI is InChI=1S/C12H11FN2O2/c1-2-15-7-10(12(16)17)11(14-15)8-3-5-9(13)6-4-8/h3-7H,2H2,1H3,(H,16,17). The van der Waals surface area contributed by atoms with E-state index in [1.165, 1.54) is 30.5 Å².